The normalized spacial score (nSPS) is 26.1. The van der Waals surface area contributed by atoms with Crippen LogP contribution in [-0.4, -0.2) is 54.0 Å². The molecule has 1 aromatic rings. The monoisotopic (exact) mass is 426 g/mol. The highest BCUT2D eigenvalue weighted by Crippen LogP contribution is 2.29. The van der Waals surface area contributed by atoms with Crippen molar-refractivity contribution < 1.29 is 14.4 Å². The Hall–Kier alpha value is -1.99. The molecule has 7 nitrogen and oxygen atoms in total. The molecule has 2 heterocycles. The van der Waals surface area contributed by atoms with Gasteiger partial charge in [-0.3, -0.25) is 14.9 Å². The number of benzene rings is 1. The summed E-state index contributed by atoms with van der Waals surface area (Å²) < 4.78 is 0. The van der Waals surface area contributed by atoms with E-state index in [1.54, 1.807) is 19.9 Å². The Balaban J connectivity index is 1.63. The van der Waals surface area contributed by atoms with E-state index < -0.39 is 23.4 Å². The van der Waals surface area contributed by atoms with Crippen molar-refractivity contribution in [3.63, 3.8) is 0 Å². The van der Waals surface area contributed by atoms with Crippen LogP contribution in [0.3, 0.4) is 0 Å². The van der Waals surface area contributed by atoms with Crippen LogP contribution in [0.5, 0.6) is 0 Å². The minimum Gasteiger partial charge on any atom is -0.365 e. The average molecular weight is 427 g/mol. The van der Waals surface area contributed by atoms with Gasteiger partial charge in [0.05, 0.1) is 0 Å². The van der Waals surface area contributed by atoms with Crippen molar-refractivity contribution in [1.29, 1.82) is 0 Å². The van der Waals surface area contributed by atoms with Gasteiger partial charge in [0, 0.05) is 47.3 Å². The van der Waals surface area contributed by atoms with Gasteiger partial charge in [0.1, 0.15) is 5.54 Å². The molecule has 0 saturated carbocycles. The first-order valence-corrected chi connectivity index (χ1v) is 10.00. The fraction of sp³-hybridized carbons (Fsp3) is 0.526. The number of carbonyl (C=O) groups is 3. The summed E-state index contributed by atoms with van der Waals surface area (Å²) >= 11 is 12.2. The Morgan fingerprint density at radius 1 is 1.25 bits per heavy atom. The van der Waals surface area contributed by atoms with E-state index in [0.29, 0.717) is 29.7 Å². The Labute approximate surface area is 174 Å². The summed E-state index contributed by atoms with van der Waals surface area (Å²) in [5.74, 6) is -0.813. The smallest absolute Gasteiger partial charge is 0.322 e. The largest absolute Gasteiger partial charge is 0.365 e. The summed E-state index contributed by atoms with van der Waals surface area (Å²) in [6, 6.07) is 4.99. The Morgan fingerprint density at radius 3 is 2.43 bits per heavy atom. The molecule has 9 heteroatoms. The number of hydrogen-bond donors (Lipinski definition) is 2. The summed E-state index contributed by atoms with van der Waals surface area (Å²) in [4.78, 5) is 40.3. The van der Waals surface area contributed by atoms with E-state index in [9.17, 15) is 14.4 Å². The van der Waals surface area contributed by atoms with Crippen molar-refractivity contribution >= 4 is 46.7 Å². The molecule has 2 aliphatic heterocycles. The van der Waals surface area contributed by atoms with Crippen LogP contribution in [0, 0.1) is 5.92 Å². The molecule has 3 rings (SSSR count). The van der Waals surface area contributed by atoms with Crippen LogP contribution < -0.4 is 15.5 Å². The van der Waals surface area contributed by atoms with Gasteiger partial charge in [0.15, 0.2) is 0 Å². The van der Waals surface area contributed by atoms with E-state index in [1.165, 1.54) is 0 Å². The summed E-state index contributed by atoms with van der Waals surface area (Å²) in [6.07, 6.45) is 0.252. The number of imide groups is 1. The van der Waals surface area contributed by atoms with Crippen molar-refractivity contribution in [3.8, 4) is 0 Å². The van der Waals surface area contributed by atoms with Crippen LogP contribution >= 0.6 is 23.2 Å². The lowest BCUT2D eigenvalue weighted by molar-refractivity contribution is -0.137. The van der Waals surface area contributed by atoms with Gasteiger partial charge in [-0.1, -0.05) is 30.1 Å². The highest BCUT2D eigenvalue weighted by molar-refractivity contribution is 6.35. The van der Waals surface area contributed by atoms with Gasteiger partial charge in [0.25, 0.3) is 5.91 Å². The number of rotatable bonds is 4. The zero-order valence-electron chi connectivity index (χ0n) is 16.1. The van der Waals surface area contributed by atoms with Crippen molar-refractivity contribution in [1.82, 2.24) is 15.5 Å². The molecule has 0 radical (unpaired) electrons. The Bertz CT molecular complexity index is 798. The van der Waals surface area contributed by atoms with E-state index in [-0.39, 0.29) is 18.4 Å². The zero-order chi connectivity index (χ0) is 20.6. The predicted octanol–water partition coefficient (Wildman–Crippen LogP) is 2.65. The zero-order valence-corrected chi connectivity index (χ0v) is 17.6. The second-order valence-electron chi connectivity index (χ2n) is 7.80. The minimum atomic E-state index is -1.06. The molecule has 0 bridgehead atoms. The molecule has 4 amide bonds. The molecule has 2 aliphatic rings. The topological polar surface area (TPSA) is 81.8 Å². The van der Waals surface area contributed by atoms with Gasteiger partial charge >= 0.3 is 6.03 Å². The van der Waals surface area contributed by atoms with E-state index in [2.05, 4.69) is 15.5 Å². The third kappa shape index (κ3) is 4.20. The van der Waals surface area contributed by atoms with Gasteiger partial charge in [-0.25, -0.2) is 4.79 Å². The lowest BCUT2D eigenvalue weighted by Crippen LogP contribution is -2.55. The van der Waals surface area contributed by atoms with Crippen LogP contribution in [0.1, 0.15) is 27.2 Å². The van der Waals surface area contributed by atoms with E-state index in [0.717, 1.165) is 5.69 Å². The molecule has 0 aliphatic carbocycles. The van der Waals surface area contributed by atoms with Gasteiger partial charge in [-0.15, -0.1) is 0 Å². The molecular formula is C19H24Cl2N4O3. The van der Waals surface area contributed by atoms with Gasteiger partial charge in [-0.05, 0) is 38.5 Å². The lowest BCUT2D eigenvalue weighted by Gasteiger charge is -2.42. The maximum atomic E-state index is 12.9. The van der Waals surface area contributed by atoms with Crippen LogP contribution in [0.15, 0.2) is 18.2 Å². The SMILES string of the molecule is CC(CC1(C)NC(=O)NC1=O)C(=O)N1CCN(c2cc(Cl)cc(Cl)c2)[C@@H](C)C1. The highest BCUT2D eigenvalue weighted by Gasteiger charge is 2.44. The number of carbonyl (C=O) groups excluding carboxylic acids is 3. The molecule has 1 aromatic carbocycles. The number of hydrogen-bond acceptors (Lipinski definition) is 4. The molecular weight excluding hydrogens is 403 g/mol. The minimum absolute atomic E-state index is 0.0224. The van der Waals surface area contributed by atoms with E-state index in [1.807, 2.05) is 24.0 Å². The number of halogens is 2. The Morgan fingerprint density at radius 2 is 1.89 bits per heavy atom. The third-order valence-corrected chi connectivity index (χ3v) is 5.81. The van der Waals surface area contributed by atoms with Crippen LogP contribution in [0.2, 0.25) is 10.0 Å². The van der Waals surface area contributed by atoms with Crippen LogP contribution in [0.25, 0.3) is 0 Å². The molecule has 2 unspecified atom stereocenters. The number of amides is 4. The van der Waals surface area contributed by atoms with Crippen LogP contribution in [0.4, 0.5) is 10.5 Å². The van der Waals surface area contributed by atoms with Gasteiger partial charge in [-0.2, -0.15) is 0 Å². The van der Waals surface area contributed by atoms with Crippen molar-refractivity contribution in [3.05, 3.63) is 28.2 Å². The first kappa shape index (κ1) is 20.7. The maximum Gasteiger partial charge on any atom is 0.322 e. The molecule has 0 aromatic heterocycles. The first-order chi connectivity index (χ1) is 13.1. The first-order valence-electron chi connectivity index (χ1n) is 9.24. The van der Waals surface area contributed by atoms with Gasteiger partial charge < -0.3 is 15.1 Å². The van der Waals surface area contributed by atoms with E-state index in [4.69, 9.17) is 23.2 Å². The molecule has 28 heavy (non-hydrogen) atoms. The number of piperazine rings is 1. The average Bonchev–Trinajstić information content (AvgIpc) is 2.84. The fourth-order valence-electron chi connectivity index (χ4n) is 3.98. The van der Waals surface area contributed by atoms with Crippen LogP contribution in [-0.2, 0) is 9.59 Å². The van der Waals surface area contributed by atoms with Crippen molar-refractivity contribution in [2.45, 2.75) is 38.8 Å². The van der Waals surface area contributed by atoms with Crippen molar-refractivity contribution in [2.75, 3.05) is 24.5 Å². The summed E-state index contributed by atoms with van der Waals surface area (Å²) in [5.41, 5.74) is -0.125. The molecule has 3 atom stereocenters. The fourth-order valence-corrected chi connectivity index (χ4v) is 4.50. The second kappa shape index (κ2) is 7.79. The summed E-state index contributed by atoms with van der Waals surface area (Å²) in [7, 11) is 0. The lowest BCUT2D eigenvalue weighted by atomic mass is 9.89. The Kier molecular flexibility index (Phi) is 5.77. The number of anilines is 1. The standard InChI is InChI=1S/C19H24Cl2N4O3/c1-11(9-19(3)17(27)22-18(28)23-19)16(26)24-4-5-25(12(2)10-24)15-7-13(20)6-14(21)8-15/h6-8,11-12H,4-5,9-10H2,1-3H3,(H2,22,23,27,28)/t11?,12-,19?/m0/s1. The number of nitrogens with one attached hydrogen (secondary N) is 2. The number of urea groups is 1. The molecule has 2 fully saturated rings. The second-order valence-corrected chi connectivity index (χ2v) is 8.67. The molecule has 152 valence electrons. The van der Waals surface area contributed by atoms with Gasteiger partial charge in [0.2, 0.25) is 5.91 Å². The molecule has 2 N–H and O–H groups in total. The molecule has 0 spiro atoms. The maximum absolute atomic E-state index is 12.9. The predicted molar refractivity (Wildman–Crippen MR) is 109 cm³/mol. The summed E-state index contributed by atoms with van der Waals surface area (Å²) in [5, 5.41) is 5.99. The highest BCUT2D eigenvalue weighted by atomic mass is 35.5. The quantitative estimate of drug-likeness (QED) is 0.724. The van der Waals surface area contributed by atoms with Crippen molar-refractivity contribution in [2.24, 2.45) is 5.92 Å². The van der Waals surface area contributed by atoms with E-state index >= 15 is 0 Å². The molecule has 2 saturated heterocycles. The third-order valence-electron chi connectivity index (χ3n) is 5.37. The summed E-state index contributed by atoms with van der Waals surface area (Å²) in [6.45, 7) is 7.25. The number of nitrogens with zero attached hydrogens (tertiary/aromatic N) is 2.